The molecule has 0 saturated heterocycles. The zero-order chi connectivity index (χ0) is 20.8. The van der Waals surface area contributed by atoms with Gasteiger partial charge < -0.3 is 14.2 Å². The number of hydrogen-bond donors (Lipinski definition) is 0. The van der Waals surface area contributed by atoms with Gasteiger partial charge >= 0.3 is 5.97 Å². The first-order chi connectivity index (χ1) is 13.1. The van der Waals surface area contributed by atoms with Gasteiger partial charge in [-0.05, 0) is 36.2 Å². The number of carbonyl (C=O) groups is 2. The molecule has 28 heavy (non-hydrogen) atoms. The molecule has 0 N–H and O–H groups in total. The minimum atomic E-state index is -0.553. The van der Waals surface area contributed by atoms with E-state index < -0.39 is 12.1 Å². The molecular formula is C23H32O5. The molecule has 0 bridgehead atoms. The number of ether oxygens (including phenoxy) is 3. The highest BCUT2D eigenvalue weighted by atomic mass is 16.6. The topological polar surface area (TPSA) is 61.8 Å². The molecule has 1 aliphatic carbocycles. The molecule has 5 heteroatoms. The second-order valence-corrected chi connectivity index (χ2v) is 9.15. The summed E-state index contributed by atoms with van der Waals surface area (Å²) in [6.45, 7) is 11.0. The number of carbonyl (C=O) groups excluding carboxylic acids is 2. The van der Waals surface area contributed by atoms with Crippen LogP contribution in [0.2, 0.25) is 0 Å². The first kappa shape index (κ1) is 20.7. The Balaban J connectivity index is 2.00. The third-order valence-corrected chi connectivity index (χ3v) is 7.26. The van der Waals surface area contributed by atoms with Gasteiger partial charge in [0.15, 0.2) is 11.5 Å². The van der Waals surface area contributed by atoms with E-state index in [0.717, 1.165) is 18.4 Å². The SMILES string of the molecule is COc1ccc2c(c1OC)C(=O)O[C@@H]2[C@@H]1C[C@@H](C(C)(C)C(C)C)C[C@H](C)C1=O. The van der Waals surface area contributed by atoms with E-state index in [2.05, 4.69) is 27.7 Å². The first-order valence-corrected chi connectivity index (χ1v) is 10.1. The molecular weight excluding hydrogens is 356 g/mol. The lowest BCUT2D eigenvalue weighted by molar-refractivity contribution is -0.136. The van der Waals surface area contributed by atoms with Crippen molar-refractivity contribution < 1.29 is 23.8 Å². The molecule has 1 aromatic rings. The molecule has 1 fully saturated rings. The Bertz CT molecular complexity index is 779. The van der Waals surface area contributed by atoms with Crippen LogP contribution in [-0.4, -0.2) is 26.0 Å². The monoisotopic (exact) mass is 388 g/mol. The maximum atomic E-state index is 13.1. The molecule has 2 aliphatic rings. The fourth-order valence-electron chi connectivity index (χ4n) is 4.71. The van der Waals surface area contributed by atoms with Crippen molar-refractivity contribution in [1.82, 2.24) is 0 Å². The van der Waals surface area contributed by atoms with Gasteiger partial charge in [-0.15, -0.1) is 0 Å². The van der Waals surface area contributed by atoms with Crippen molar-refractivity contribution in [3.63, 3.8) is 0 Å². The van der Waals surface area contributed by atoms with Crippen LogP contribution in [0.25, 0.3) is 0 Å². The average Bonchev–Trinajstić information content (AvgIpc) is 2.99. The van der Waals surface area contributed by atoms with E-state index in [9.17, 15) is 9.59 Å². The normalized spacial score (nSPS) is 27.6. The molecule has 1 heterocycles. The summed E-state index contributed by atoms with van der Waals surface area (Å²) in [5.74, 6) is 1.15. The zero-order valence-electron chi connectivity index (χ0n) is 18.0. The standard InChI is InChI=1S/C23H32O5/c1-12(2)23(4,5)14-10-13(3)19(24)16(11-14)20-15-8-9-17(26-6)21(27-7)18(15)22(25)28-20/h8-9,12-14,16,20H,10-11H2,1-7H3/t13-,14-,16+,20-/m0/s1. The van der Waals surface area contributed by atoms with Gasteiger partial charge in [-0.3, -0.25) is 4.79 Å². The Morgan fingerprint density at radius 1 is 1.11 bits per heavy atom. The molecule has 4 atom stereocenters. The number of ketones is 1. The number of benzene rings is 1. The Labute approximate surface area is 167 Å². The maximum Gasteiger partial charge on any atom is 0.343 e. The average molecular weight is 389 g/mol. The Morgan fingerprint density at radius 2 is 1.79 bits per heavy atom. The highest BCUT2D eigenvalue weighted by Crippen LogP contribution is 2.52. The smallest absolute Gasteiger partial charge is 0.343 e. The number of Topliss-reactive ketones (excluding diaryl/α,β-unsaturated/α-hetero) is 1. The van der Waals surface area contributed by atoms with Crippen molar-refractivity contribution in [3.8, 4) is 11.5 Å². The predicted molar refractivity (Wildman–Crippen MR) is 107 cm³/mol. The lowest BCUT2D eigenvalue weighted by atomic mass is 9.60. The van der Waals surface area contributed by atoms with Gasteiger partial charge in [0, 0.05) is 11.5 Å². The van der Waals surface area contributed by atoms with Crippen LogP contribution in [0.5, 0.6) is 11.5 Å². The summed E-state index contributed by atoms with van der Waals surface area (Å²) in [6.07, 6.45) is 1.07. The summed E-state index contributed by atoms with van der Waals surface area (Å²) in [6, 6.07) is 3.61. The fraction of sp³-hybridized carbons (Fsp3) is 0.652. The third-order valence-electron chi connectivity index (χ3n) is 7.26. The van der Waals surface area contributed by atoms with E-state index in [1.165, 1.54) is 14.2 Å². The van der Waals surface area contributed by atoms with Crippen molar-refractivity contribution in [2.45, 2.75) is 53.6 Å². The van der Waals surface area contributed by atoms with Crippen LogP contribution in [0.15, 0.2) is 12.1 Å². The van der Waals surface area contributed by atoms with Crippen molar-refractivity contribution in [1.29, 1.82) is 0 Å². The molecule has 1 aliphatic heterocycles. The summed E-state index contributed by atoms with van der Waals surface area (Å²) >= 11 is 0. The quantitative estimate of drug-likeness (QED) is 0.676. The number of esters is 1. The van der Waals surface area contributed by atoms with Crippen LogP contribution in [0.4, 0.5) is 0 Å². The van der Waals surface area contributed by atoms with E-state index in [1.54, 1.807) is 6.07 Å². The van der Waals surface area contributed by atoms with Gasteiger partial charge in [-0.1, -0.05) is 40.7 Å². The van der Waals surface area contributed by atoms with Gasteiger partial charge in [-0.25, -0.2) is 4.79 Å². The number of cyclic esters (lactones) is 1. The molecule has 0 amide bonds. The molecule has 154 valence electrons. The minimum Gasteiger partial charge on any atom is -0.493 e. The van der Waals surface area contributed by atoms with Gasteiger partial charge in [0.25, 0.3) is 0 Å². The van der Waals surface area contributed by atoms with E-state index in [0.29, 0.717) is 28.9 Å². The Morgan fingerprint density at radius 3 is 2.36 bits per heavy atom. The lowest BCUT2D eigenvalue weighted by Gasteiger charge is -2.45. The summed E-state index contributed by atoms with van der Waals surface area (Å²) in [7, 11) is 3.04. The van der Waals surface area contributed by atoms with Gasteiger partial charge in [-0.2, -0.15) is 0 Å². The number of hydrogen-bond acceptors (Lipinski definition) is 5. The number of rotatable bonds is 5. The fourth-order valence-corrected chi connectivity index (χ4v) is 4.71. The summed E-state index contributed by atoms with van der Waals surface area (Å²) in [5.41, 5.74) is 1.23. The van der Waals surface area contributed by atoms with Crippen molar-refractivity contribution in [2.75, 3.05) is 14.2 Å². The zero-order valence-corrected chi connectivity index (χ0v) is 18.0. The Kier molecular flexibility index (Phi) is 5.48. The van der Waals surface area contributed by atoms with Crippen LogP contribution >= 0.6 is 0 Å². The van der Waals surface area contributed by atoms with Crippen molar-refractivity contribution >= 4 is 11.8 Å². The van der Waals surface area contributed by atoms with Gasteiger partial charge in [0.2, 0.25) is 0 Å². The molecule has 0 unspecified atom stereocenters. The number of fused-ring (bicyclic) bond motifs is 1. The van der Waals surface area contributed by atoms with E-state index in [-0.39, 0.29) is 23.0 Å². The first-order valence-electron chi connectivity index (χ1n) is 10.1. The minimum absolute atomic E-state index is 0.0373. The molecule has 0 aromatic heterocycles. The van der Waals surface area contributed by atoms with Crippen molar-refractivity contribution in [3.05, 3.63) is 23.3 Å². The van der Waals surface area contributed by atoms with Crippen LogP contribution in [0.3, 0.4) is 0 Å². The highest BCUT2D eigenvalue weighted by molar-refractivity contribution is 5.99. The molecule has 3 rings (SSSR count). The van der Waals surface area contributed by atoms with Crippen LogP contribution in [0.1, 0.15) is 69.5 Å². The molecule has 0 spiro atoms. The molecule has 5 nitrogen and oxygen atoms in total. The van der Waals surface area contributed by atoms with Crippen LogP contribution in [-0.2, 0) is 9.53 Å². The van der Waals surface area contributed by atoms with Gasteiger partial charge in [0.1, 0.15) is 17.5 Å². The van der Waals surface area contributed by atoms with E-state index in [1.807, 2.05) is 13.0 Å². The third kappa shape index (κ3) is 3.19. The predicted octanol–water partition coefficient (Wildman–Crippen LogP) is 4.83. The van der Waals surface area contributed by atoms with Crippen LogP contribution < -0.4 is 9.47 Å². The largest absolute Gasteiger partial charge is 0.493 e. The molecule has 0 radical (unpaired) electrons. The lowest BCUT2D eigenvalue weighted by Crippen LogP contribution is -2.42. The second-order valence-electron chi connectivity index (χ2n) is 9.15. The highest BCUT2D eigenvalue weighted by Gasteiger charge is 2.49. The molecule has 1 aromatic carbocycles. The van der Waals surface area contributed by atoms with Crippen molar-refractivity contribution in [2.24, 2.45) is 29.1 Å². The Hall–Kier alpha value is -2.04. The second kappa shape index (κ2) is 7.41. The van der Waals surface area contributed by atoms with Crippen LogP contribution in [0, 0.1) is 29.1 Å². The summed E-state index contributed by atoms with van der Waals surface area (Å²) in [4.78, 5) is 25.8. The maximum absolute atomic E-state index is 13.1. The van der Waals surface area contributed by atoms with E-state index in [4.69, 9.17) is 14.2 Å². The summed E-state index contributed by atoms with van der Waals surface area (Å²) < 4.78 is 16.5. The summed E-state index contributed by atoms with van der Waals surface area (Å²) in [5, 5.41) is 0. The number of methoxy groups -OCH3 is 2. The molecule has 1 saturated carbocycles. The van der Waals surface area contributed by atoms with Gasteiger partial charge in [0.05, 0.1) is 20.1 Å². The van der Waals surface area contributed by atoms with E-state index >= 15 is 0 Å².